The summed E-state index contributed by atoms with van der Waals surface area (Å²) < 4.78 is 45.2. The van der Waals surface area contributed by atoms with Crippen molar-refractivity contribution in [3.63, 3.8) is 0 Å². The number of Topliss-reactive ketones (excluding diaryl/α,β-unsaturated/α-hetero) is 1. The number of allylic oxidation sites excluding steroid dienone is 4. The molecule has 4 aliphatic carbocycles. The normalized spacial score (nSPS) is 55.4. The summed E-state index contributed by atoms with van der Waals surface area (Å²) in [7, 11) is 0. The van der Waals surface area contributed by atoms with Crippen LogP contribution in [0.25, 0.3) is 0 Å². The molecule has 5 aliphatic rings. The molecule has 0 aromatic carbocycles. The van der Waals surface area contributed by atoms with Crippen LogP contribution in [0.3, 0.4) is 0 Å². The predicted octanol–water partition coefficient (Wildman–Crippen LogP) is 4.65. The van der Waals surface area contributed by atoms with E-state index in [0.29, 0.717) is 6.42 Å². The predicted molar refractivity (Wildman–Crippen MR) is 115 cm³/mol. The SMILES string of the molecule is CC1=C[C@@]2(C)C(=C(Cl)C1=O)[C@@H](F)CC1C3C[C@H]4OC(C)(C)O[C@@]4(S)[C@@]3(C)C[C@H](O)[C@@]12F. The fourth-order valence-corrected chi connectivity index (χ4v) is 8.72. The largest absolute Gasteiger partial charge is 0.390 e. The molecule has 8 heteroatoms. The minimum Gasteiger partial charge on any atom is -0.390 e. The third kappa shape index (κ3) is 2.40. The number of ether oxygens (including phenoxy) is 2. The number of hydrogen-bond acceptors (Lipinski definition) is 5. The molecule has 4 fully saturated rings. The molecule has 1 saturated heterocycles. The van der Waals surface area contributed by atoms with Crippen molar-refractivity contribution >= 4 is 30.0 Å². The zero-order chi connectivity index (χ0) is 22.9. The van der Waals surface area contributed by atoms with Gasteiger partial charge >= 0.3 is 0 Å². The van der Waals surface area contributed by atoms with E-state index < -0.39 is 57.3 Å². The van der Waals surface area contributed by atoms with Crippen LogP contribution >= 0.6 is 24.2 Å². The minimum absolute atomic E-state index is 0.0430. The Hall–Kier alpha value is -0.470. The van der Waals surface area contributed by atoms with Gasteiger partial charge in [-0.15, -0.1) is 12.6 Å². The summed E-state index contributed by atoms with van der Waals surface area (Å²) in [5.41, 5.74) is -4.20. The maximum Gasteiger partial charge on any atom is 0.199 e. The molecule has 3 saturated carbocycles. The third-order valence-electron chi connectivity index (χ3n) is 8.92. The van der Waals surface area contributed by atoms with Gasteiger partial charge in [-0.2, -0.15) is 0 Å². The Kier molecular flexibility index (Phi) is 4.43. The van der Waals surface area contributed by atoms with Crippen LogP contribution in [0.5, 0.6) is 0 Å². The summed E-state index contributed by atoms with van der Waals surface area (Å²) in [6.45, 7) is 8.68. The van der Waals surface area contributed by atoms with Crippen molar-refractivity contribution in [2.24, 2.45) is 22.7 Å². The second kappa shape index (κ2) is 6.15. The molecule has 0 aromatic heterocycles. The van der Waals surface area contributed by atoms with E-state index in [1.54, 1.807) is 13.8 Å². The molecule has 31 heavy (non-hydrogen) atoms. The number of aliphatic hydroxyl groups excluding tert-OH is 1. The van der Waals surface area contributed by atoms with Crippen LogP contribution < -0.4 is 0 Å². The van der Waals surface area contributed by atoms with Crippen LogP contribution in [0.4, 0.5) is 8.78 Å². The van der Waals surface area contributed by atoms with Crippen molar-refractivity contribution in [2.45, 2.75) is 88.6 Å². The second-order valence-electron chi connectivity index (χ2n) is 10.9. The highest BCUT2D eigenvalue weighted by Gasteiger charge is 2.78. The molecule has 0 amide bonds. The number of carbonyl (C=O) groups is 1. The lowest BCUT2D eigenvalue weighted by Gasteiger charge is -2.63. The number of halogens is 3. The van der Waals surface area contributed by atoms with E-state index in [1.807, 2.05) is 20.8 Å². The highest BCUT2D eigenvalue weighted by molar-refractivity contribution is 7.81. The number of alkyl halides is 2. The van der Waals surface area contributed by atoms with Gasteiger partial charge in [0, 0.05) is 16.7 Å². The quantitative estimate of drug-likeness (QED) is 0.502. The summed E-state index contributed by atoms with van der Waals surface area (Å²) in [5, 5.41) is 11.1. The Balaban J connectivity index is 1.66. The number of ketones is 1. The van der Waals surface area contributed by atoms with Gasteiger partial charge in [-0.05, 0) is 64.0 Å². The standard InChI is InChI=1S/C23H29ClF2O4S/c1-10-8-21(5)16(17(24)18(10)28)13(25)6-12-11-7-15-23(31,30-19(2,3)29-15)20(11,4)9-14(27)22(12,21)26/h8,11-15,27,31H,6-7,9H2,1-5H3/t11?,12?,13-,14-,15+,20-,21-,22-,23-/m0/s1. The molecular weight excluding hydrogens is 446 g/mol. The van der Waals surface area contributed by atoms with E-state index >= 15 is 8.78 Å². The highest BCUT2D eigenvalue weighted by atomic mass is 35.5. The molecule has 1 aliphatic heterocycles. The number of rotatable bonds is 0. The minimum atomic E-state index is -2.19. The second-order valence-corrected chi connectivity index (χ2v) is 12.0. The molecule has 4 nitrogen and oxygen atoms in total. The van der Waals surface area contributed by atoms with E-state index in [2.05, 4.69) is 0 Å². The Labute approximate surface area is 191 Å². The van der Waals surface area contributed by atoms with E-state index in [0.717, 1.165) is 0 Å². The first-order valence-corrected chi connectivity index (χ1v) is 11.7. The summed E-state index contributed by atoms with van der Waals surface area (Å²) >= 11 is 11.2. The molecule has 5 rings (SSSR count). The molecule has 0 aromatic rings. The Morgan fingerprint density at radius 3 is 2.52 bits per heavy atom. The van der Waals surface area contributed by atoms with Crippen molar-refractivity contribution < 1.29 is 28.2 Å². The van der Waals surface area contributed by atoms with Crippen LogP contribution in [0.2, 0.25) is 0 Å². The van der Waals surface area contributed by atoms with E-state index in [4.69, 9.17) is 33.7 Å². The van der Waals surface area contributed by atoms with Crippen molar-refractivity contribution in [1.82, 2.24) is 0 Å². The molecule has 2 unspecified atom stereocenters. The molecule has 0 spiro atoms. The summed E-state index contributed by atoms with van der Waals surface area (Å²) in [4.78, 5) is 11.4. The van der Waals surface area contributed by atoms with Crippen molar-refractivity contribution in [3.8, 4) is 0 Å². The van der Waals surface area contributed by atoms with Gasteiger partial charge in [0.15, 0.2) is 17.2 Å². The fourth-order valence-electron chi connectivity index (χ4n) is 7.62. The summed E-state index contributed by atoms with van der Waals surface area (Å²) in [6, 6.07) is 0. The van der Waals surface area contributed by atoms with Crippen molar-refractivity contribution in [2.75, 3.05) is 0 Å². The molecule has 0 radical (unpaired) electrons. The zero-order valence-electron chi connectivity index (χ0n) is 18.3. The molecule has 9 atom stereocenters. The summed E-state index contributed by atoms with van der Waals surface area (Å²) in [6.07, 6.45) is -1.52. The molecule has 1 N–H and O–H groups in total. The van der Waals surface area contributed by atoms with Gasteiger partial charge in [-0.3, -0.25) is 4.79 Å². The van der Waals surface area contributed by atoms with Crippen LogP contribution in [0, 0.1) is 22.7 Å². The molecular formula is C23H29ClF2O4S. The van der Waals surface area contributed by atoms with E-state index in [9.17, 15) is 9.90 Å². The van der Waals surface area contributed by atoms with Crippen LogP contribution in [0.1, 0.15) is 53.9 Å². The maximum absolute atomic E-state index is 17.3. The number of carbonyl (C=O) groups excluding carboxylic acids is 1. The first kappa shape index (κ1) is 22.3. The Morgan fingerprint density at radius 1 is 1.23 bits per heavy atom. The highest BCUT2D eigenvalue weighted by Crippen LogP contribution is 2.73. The number of thiol groups is 1. The molecule has 172 valence electrons. The van der Waals surface area contributed by atoms with Gasteiger partial charge < -0.3 is 14.6 Å². The third-order valence-corrected chi connectivity index (χ3v) is 10.2. The van der Waals surface area contributed by atoms with Gasteiger partial charge in [-0.1, -0.05) is 24.6 Å². The average molecular weight is 475 g/mol. The lowest BCUT2D eigenvalue weighted by molar-refractivity contribution is -0.235. The van der Waals surface area contributed by atoms with E-state index in [1.165, 1.54) is 6.08 Å². The molecule has 0 bridgehead atoms. The maximum atomic E-state index is 17.3. The van der Waals surface area contributed by atoms with Gasteiger partial charge in [-0.25, -0.2) is 8.78 Å². The van der Waals surface area contributed by atoms with E-state index in [-0.39, 0.29) is 34.9 Å². The Bertz CT molecular complexity index is 952. The number of aliphatic hydroxyl groups is 1. The first-order chi connectivity index (χ1) is 14.1. The van der Waals surface area contributed by atoms with Crippen molar-refractivity contribution in [3.05, 3.63) is 22.3 Å². The lowest BCUT2D eigenvalue weighted by Crippen LogP contribution is -2.69. The van der Waals surface area contributed by atoms with Gasteiger partial charge in [0.05, 0.1) is 11.1 Å². The van der Waals surface area contributed by atoms with Crippen LogP contribution in [-0.2, 0) is 14.3 Å². The van der Waals surface area contributed by atoms with Gasteiger partial charge in [0.25, 0.3) is 0 Å². The topological polar surface area (TPSA) is 55.8 Å². The number of hydrogen-bond donors (Lipinski definition) is 2. The zero-order valence-corrected chi connectivity index (χ0v) is 20.0. The lowest BCUT2D eigenvalue weighted by atomic mass is 9.45. The van der Waals surface area contributed by atoms with Crippen LogP contribution in [-0.4, -0.2) is 45.7 Å². The van der Waals surface area contributed by atoms with Gasteiger partial charge in [0.1, 0.15) is 17.2 Å². The van der Waals surface area contributed by atoms with Crippen molar-refractivity contribution in [1.29, 1.82) is 0 Å². The number of fused-ring (bicyclic) bond motifs is 7. The Morgan fingerprint density at radius 2 is 1.87 bits per heavy atom. The smallest absolute Gasteiger partial charge is 0.199 e. The fraction of sp³-hybridized carbons (Fsp3) is 0.783. The summed E-state index contributed by atoms with van der Waals surface area (Å²) in [5.74, 6) is -2.45. The average Bonchev–Trinajstić information content (AvgIpc) is 2.99. The first-order valence-electron chi connectivity index (χ1n) is 10.9. The molecule has 1 heterocycles. The van der Waals surface area contributed by atoms with Gasteiger partial charge in [0.2, 0.25) is 0 Å². The van der Waals surface area contributed by atoms with Crippen LogP contribution in [0.15, 0.2) is 22.3 Å². The monoisotopic (exact) mass is 474 g/mol.